The molecule has 1 heterocycles. The summed E-state index contributed by atoms with van der Waals surface area (Å²) < 4.78 is 78.4. The zero-order chi connectivity index (χ0) is 25.2. The first-order valence-corrected chi connectivity index (χ1v) is 9.88. The quantitative estimate of drug-likeness (QED) is 0.124. The predicted octanol–water partition coefficient (Wildman–Crippen LogP) is 4.38. The van der Waals surface area contributed by atoms with Gasteiger partial charge in [-0.1, -0.05) is 18.2 Å². The van der Waals surface area contributed by atoms with Crippen molar-refractivity contribution < 1.29 is 41.0 Å². The second kappa shape index (κ2) is 10.1. The number of amides is 1. The maximum atomic E-state index is 13.8. The van der Waals surface area contributed by atoms with Crippen LogP contribution in [-0.2, 0) is 22.6 Å². The molecule has 0 saturated heterocycles. The normalized spacial score (nSPS) is 11.2. The number of nitrogens with zero attached hydrogens (tertiary/aromatic N) is 3. The Balaban J connectivity index is 1.82. The molecule has 3 rings (SSSR count). The number of esters is 1. The summed E-state index contributed by atoms with van der Waals surface area (Å²) in [6.07, 6.45) is -1.04. The predicted molar refractivity (Wildman–Crippen MR) is 110 cm³/mol. The number of hydrogen-bond acceptors (Lipinski definition) is 5. The molecule has 2 aromatic carbocycles. The lowest BCUT2D eigenvalue weighted by Crippen LogP contribution is -2.41. The molecule has 0 N–H and O–H groups in total. The van der Waals surface area contributed by atoms with E-state index in [4.69, 9.17) is 0 Å². The van der Waals surface area contributed by atoms with Crippen LogP contribution in [-0.4, -0.2) is 47.9 Å². The van der Waals surface area contributed by atoms with Gasteiger partial charge in [0.05, 0.1) is 20.1 Å². The van der Waals surface area contributed by atoms with E-state index in [1.807, 2.05) is 12.1 Å². The highest BCUT2D eigenvalue weighted by Gasteiger charge is 2.28. The third kappa shape index (κ3) is 4.81. The van der Waals surface area contributed by atoms with Gasteiger partial charge < -0.3 is 14.0 Å². The zero-order valence-corrected chi connectivity index (χ0v) is 18.4. The maximum Gasteiger partial charge on any atom is 0.423 e. The Hall–Kier alpha value is -3.67. The molecule has 34 heavy (non-hydrogen) atoms. The number of benzene rings is 2. The first-order valence-electron chi connectivity index (χ1n) is 9.88. The van der Waals surface area contributed by atoms with Crippen LogP contribution in [0.2, 0.25) is 0 Å². The van der Waals surface area contributed by atoms with E-state index in [2.05, 4.69) is 9.47 Å². The Bertz CT molecular complexity index is 1220. The van der Waals surface area contributed by atoms with Crippen molar-refractivity contribution in [3.05, 3.63) is 65.1 Å². The second-order valence-corrected chi connectivity index (χ2v) is 7.28. The standard InChI is InChI=1S/C22H20F5N3O4/c1-28(29(2)22(32)33-3)11-13-10-12-6-4-5-7-14(12)30(13)9-8-15(31)34-21-19(26)17(24)16(23)18(25)20(21)27/h4-7,10H,8-9,11H2,1-3H3. The zero-order valence-electron chi connectivity index (χ0n) is 18.4. The molecule has 1 amide bonds. The molecule has 0 spiro atoms. The number of rotatable bonds is 7. The van der Waals surface area contributed by atoms with E-state index in [9.17, 15) is 31.5 Å². The summed E-state index contributed by atoms with van der Waals surface area (Å²) in [6.45, 7) is 0.180. The number of methoxy groups -OCH3 is 1. The summed E-state index contributed by atoms with van der Waals surface area (Å²) in [6, 6.07) is 9.00. The minimum atomic E-state index is -2.35. The van der Waals surface area contributed by atoms with Crippen LogP contribution in [0.4, 0.5) is 26.7 Å². The monoisotopic (exact) mass is 485 g/mol. The van der Waals surface area contributed by atoms with E-state index in [-0.39, 0.29) is 13.1 Å². The van der Waals surface area contributed by atoms with Crippen LogP contribution >= 0.6 is 0 Å². The number of carbonyl (C=O) groups is 2. The summed E-state index contributed by atoms with van der Waals surface area (Å²) in [5.74, 6) is -14.1. The molecule has 0 unspecified atom stereocenters. The van der Waals surface area contributed by atoms with E-state index < -0.39 is 53.3 Å². The molecule has 0 bridgehead atoms. The molecule has 0 radical (unpaired) electrons. The molecule has 1 aromatic heterocycles. The molecule has 12 heteroatoms. The lowest BCUT2D eigenvalue weighted by atomic mass is 10.2. The molecular weight excluding hydrogens is 465 g/mol. The Morgan fingerprint density at radius 2 is 1.53 bits per heavy atom. The first-order chi connectivity index (χ1) is 16.1. The number of carbonyl (C=O) groups excluding carboxylic acids is 2. The van der Waals surface area contributed by atoms with E-state index >= 15 is 0 Å². The lowest BCUT2D eigenvalue weighted by molar-refractivity contribution is -0.135. The van der Waals surface area contributed by atoms with Gasteiger partial charge in [0.2, 0.25) is 34.8 Å². The SMILES string of the molecule is COC(=O)N(C)N(C)Cc1cc2ccccc2n1CCC(=O)Oc1c(F)c(F)c(F)c(F)c1F. The fourth-order valence-corrected chi connectivity index (χ4v) is 3.32. The van der Waals surface area contributed by atoms with Crippen LogP contribution in [0, 0.1) is 29.1 Å². The van der Waals surface area contributed by atoms with Crippen molar-refractivity contribution in [3.63, 3.8) is 0 Å². The molecule has 3 aromatic rings. The number of ether oxygens (including phenoxy) is 2. The maximum absolute atomic E-state index is 13.8. The van der Waals surface area contributed by atoms with Crippen molar-refractivity contribution in [1.82, 2.24) is 14.6 Å². The smallest absolute Gasteiger partial charge is 0.423 e. The minimum absolute atomic E-state index is 0.0349. The van der Waals surface area contributed by atoms with Gasteiger partial charge in [-0.05, 0) is 17.5 Å². The minimum Gasteiger partial charge on any atom is -0.452 e. The molecule has 0 saturated carbocycles. The Labute approximate surface area is 190 Å². The number of hydrazine groups is 1. The van der Waals surface area contributed by atoms with Crippen molar-refractivity contribution in [2.24, 2.45) is 0 Å². The number of aryl methyl sites for hydroxylation is 1. The second-order valence-electron chi connectivity index (χ2n) is 7.28. The van der Waals surface area contributed by atoms with Crippen LogP contribution in [0.3, 0.4) is 0 Å². The Morgan fingerprint density at radius 1 is 0.941 bits per heavy atom. The van der Waals surface area contributed by atoms with Crippen LogP contribution in [0.15, 0.2) is 30.3 Å². The summed E-state index contributed by atoms with van der Waals surface area (Å²) in [7, 11) is 4.37. The van der Waals surface area contributed by atoms with Crippen molar-refractivity contribution in [3.8, 4) is 5.75 Å². The topological polar surface area (TPSA) is 64.0 Å². The largest absolute Gasteiger partial charge is 0.452 e. The highest BCUT2D eigenvalue weighted by molar-refractivity contribution is 5.81. The van der Waals surface area contributed by atoms with Gasteiger partial charge in [-0.3, -0.25) is 4.79 Å². The van der Waals surface area contributed by atoms with Gasteiger partial charge in [-0.2, -0.15) is 8.78 Å². The summed E-state index contributed by atoms with van der Waals surface area (Å²) in [5.41, 5.74) is 1.39. The summed E-state index contributed by atoms with van der Waals surface area (Å²) in [4.78, 5) is 24.0. The molecule has 0 fully saturated rings. The molecule has 0 atom stereocenters. The number of hydrogen-bond donors (Lipinski definition) is 0. The van der Waals surface area contributed by atoms with Gasteiger partial charge in [0.25, 0.3) is 0 Å². The Kier molecular flexibility index (Phi) is 7.40. The molecule has 0 aliphatic heterocycles. The molecule has 7 nitrogen and oxygen atoms in total. The number of aromatic nitrogens is 1. The summed E-state index contributed by atoms with van der Waals surface area (Å²) in [5, 5.41) is 3.61. The van der Waals surface area contributed by atoms with Crippen LogP contribution < -0.4 is 4.74 Å². The fraction of sp³-hybridized carbons (Fsp3) is 0.273. The number of fused-ring (bicyclic) bond motifs is 1. The van der Waals surface area contributed by atoms with Gasteiger partial charge in [0, 0.05) is 31.9 Å². The molecule has 0 aliphatic rings. The van der Waals surface area contributed by atoms with Gasteiger partial charge in [-0.25, -0.2) is 28.0 Å². The summed E-state index contributed by atoms with van der Waals surface area (Å²) >= 11 is 0. The average Bonchev–Trinajstić information content (AvgIpc) is 3.18. The van der Waals surface area contributed by atoms with E-state index in [0.717, 1.165) is 10.9 Å². The Morgan fingerprint density at radius 3 is 2.15 bits per heavy atom. The van der Waals surface area contributed by atoms with Crippen molar-refractivity contribution in [2.45, 2.75) is 19.5 Å². The average molecular weight is 485 g/mol. The van der Waals surface area contributed by atoms with Crippen LogP contribution in [0.5, 0.6) is 5.75 Å². The van der Waals surface area contributed by atoms with Gasteiger partial charge in [-0.15, -0.1) is 0 Å². The third-order valence-corrected chi connectivity index (χ3v) is 5.16. The number of halogens is 5. The highest BCUT2D eigenvalue weighted by atomic mass is 19.2. The van der Waals surface area contributed by atoms with Crippen molar-refractivity contribution in [2.75, 3.05) is 21.2 Å². The molecular formula is C22H20F5N3O4. The number of para-hydroxylation sites is 1. The van der Waals surface area contributed by atoms with Crippen LogP contribution in [0.1, 0.15) is 12.1 Å². The molecule has 182 valence electrons. The van der Waals surface area contributed by atoms with E-state index in [0.29, 0.717) is 5.69 Å². The third-order valence-electron chi connectivity index (χ3n) is 5.16. The highest BCUT2D eigenvalue weighted by Crippen LogP contribution is 2.29. The van der Waals surface area contributed by atoms with Gasteiger partial charge >= 0.3 is 12.1 Å². The fourth-order valence-electron chi connectivity index (χ4n) is 3.32. The van der Waals surface area contributed by atoms with E-state index in [1.165, 1.54) is 19.2 Å². The van der Waals surface area contributed by atoms with E-state index in [1.54, 1.807) is 34.8 Å². The van der Waals surface area contributed by atoms with Crippen molar-refractivity contribution in [1.29, 1.82) is 0 Å². The van der Waals surface area contributed by atoms with Gasteiger partial charge in [0.15, 0.2) is 0 Å². The molecule has 0 aliphatic carbocycles. The van der Waals surface area contributed by atoms with Gasteiger partial charge in [0.1, 0.15) is 0 Å². The van der Waals surface area contributed by atoms with Crippen LogP contribution in [0.25, 0.3) is 10.9 Å². The lowest BCUT2D eigenvalue weighted by Gasteiger charge is -2.27. The van der Waals surface area contributed by atoms with Crippen molar-refractivity contribution >= 4 is 23.0 Å². The first kappa shape index (κ1) is 25.0.